The summed E-state index contributed by atoms with van der Waals surface area (Å²) in [4.78, 5) is 18.0. The summed E-state index contributed by atoms with van der Waals surface area (Å²) in [6, 6.07) is 7.38. The van der Waals surface area contributed by atoms with Crippen molar-refractivity contribution in [1.82, 2.24) is 14.1 Å². The molecule has 0 saturated carbocycles. The van der Waals surface area contributed by atoms with E-state index in [1.54, 1.807) is 17.2 Å². The molecule has 3 heterocycles. The number of rotatable bonds is 12. The molecule has 0 spiro atoms. The summed E-state index contributed by atoms with van der Waals surface area (Å²) >= 11 is 0. The minimum Gasteiger partial charge on any atom is -0.467 e. The highest BCUT2D eigenvalue weighted by atomic mass is 32.2. The van der Waals surface area contributed by atoms with E-state index in [9.17, 15) is 13.2 Å². The highest BCUT2D eigenvalue weighted by Crippen LogP contribution is 2.26. The molecular formula is C28H41N3O6S. The number of benzene rings is 1. The van der Waals surface area contributed by atoms with Crippen LogP contribution in [-0.2, 0) is 30.8 Å². The molecule has 38 heavy (non-hydrogen) atoms. The van der Waals surface area contributed by atoms with Crippen LogP contribution in [0.1, 0.15) is 41.7 Å². The first-order valence-electron chi connectivity index (χ1n) is 13.5. The number of hydrogen-bond donors (Lipinski definition) is 0. The molecule has 0 radical (unpaired) electrons. The van der Waals surface area contributed by atoms with Gasteiger partial charge in [0.15, 0.2) is 0 Å². The number of carbonyl (C=O) groups is 1. The van der Waals surface area contributed by atoms with Crippen molar-refractivity contribution < 1.29 is 27.1 Å². The normalized spacial score (nSPS) is 18.8. The van der Waals surface area contributed by atoms with Gasteiger partial charge in [0.25, 0.3) is 0 Å². The van der Waals surface area contributed by atoms with Crippen LogP contribution in [0.25, 0.3) is 0 Å². The molecular weight excluding hydrogens is 506 g/mol. The van der Waals surface area contributed by atoms with Gasteiger partial charge in [0.2, 0.25) is 15.9 Å². The first-order chi connectivity index (χ1) is 18.2. The van der Waals surface area contributed by atoms with Crippen molar-refractivity contribution in [2.24, 2.45) is 0 Å². The third-order valence-electron chi connectivity index (χ3n) is 7.23. The minimum absolute atomic E-state index is 0.0538. The monoisotopic (exact) mass is 547 g/mol. The first-order valence-corrected chi connectivity index (χ1v) is 15.0. The lowest BCUT2D eigenvalue weighted by Crippen LogP contribution is -2.46. The maximum atomic E-state index is 14.1. The maximum Gasteiger partial charge on any atom is 0.244 e. The van der Waals surface area contributed by atoms with Crippen LogP contribution in [0.3, 0.4) is 0 Å². The third kappa shape index (κ3) is 7.45. The second-order valence-electron chi connectivity index (χ2n) is 10.4. The summed E-state index contributed by atoms with van der Waals surface area (Å²) in [6.45, 7) is 10.8. The zero-order chi connectivity index (χ0) is 27.1. The predicted octanol–water partition coefficient (Wildman–Crippen LogP) is 3.13. The molecule has 4 rings (SSSR count). The van der Waals surface area contributed by atoms with Gasteiger partial charge in [-0.1, -0.05) is 17.7 Å². The van der Waals surface area contributed by atoms with Gasteiger partial charge in [-0.3, -0.25) is 9.69 Å². The fourth-order valence-electron chi connectivity index (χ4n) is 5.41. The van der Waals surface area contributed by atoms with Crippen molar-refractivity contribution in [2.45, 2.75) is 57.6 Å². The average Bonchev–Trinajstić information content (AvgIpc) is 3.57. The van der Waals surface area contributed by atoms with Crippen LogP contribution in [-0.4, -0.2) is 93.6 Å². The molecule has 9 nitrogen and oxygen atoms in total. The van der Waals surface area contributed by atoms with Crippen molar-refractivity contribution in [3.8, 4) is 0 Å². The third-order valence-corrected chi connectivity index (χ3v) is 9.38. The fourth-order valence-corrected chi connectivity index (χ4v) is 7.25. The van der Waals surface area contributed by atoms with E-state index in [4.69, 9.17) is 13.9 Å². The van der Waals surface area contributed by atoms with Gasteiger partial charge in [0.05, 0.1) is 43.6 Å². The van der Waals surface area contributed by atoms with Crippen molar-refractivity contribution in [3.63, 3.8) is 0 Å². The van der Waals surface area contributed by atoms with E-state index in [0.29, 0.717) is 54.6 Å². The van der Waals surface area contributed by atoms with Crippen LogP contribution >= 0.6 is 0 Å². The Kier molecular flexibility index (Phi) is 10.00. The second-order valence-corrected chi connectivity index (χ2v) is 12.2. The Hall–Kier alpha value is -2.24. The molecule has 1 amide bonds. The Morgan fingerprint density at radius 3 is 2.47 bits per heavy atom. The van der Waals surface area contributed by atoms with E-state index < -0.39 is 10.0 Å². The van der Waals surface area contributed by atoms with Crippen LogP contribution in [0.4, 0.5) is 0 Å². The largest absolute Gasteiger partial charge is 0.467 e. The Bertz CT molecular complexity index is 1130. The van der Waals surface area contributed by atoms with Crippen LogP contribution in [0.2, 0.25) is 0 Å². The van der Waals surface area contributed by atoms with Gasteiger partial charge in [0, 0.05) is 32.8 Å². The van der Waals surface area contributed by atoms with E-state index in [1.165, 1.54) is 4.31 Å². The van der Waals surface area contributed by atoms with Gasteiger partial charge >= 0.3 is 0 Å². The number of nitrogens with zero attached hydrogens (tertiary/aromatic N) is 3. The van der Waals surface area contributed by atoms with E-state index in [-0.39, 0.29) is 31.6 Å². The molecule has 2 saturated heterocycles. The Labute approximate surface area is 226 Å². The summed E-state index contributed by atoms with van der Waals surface area (Å²) in [5, 5.41) is 0. The van der Waals surface area contributed by atoms with Gasteiger partial charge in [-0.25, -0.2) is 8.42 Å². The molecule has 1 atom stereocenters. The van der Waals surface area contributed by atoms with Gasteiger partial charge in [-0.05, 0) is 69.8 Å². The van der Waals surface area contributed by atoms with E-state index in [0.717, 1.165) is 38.0 Å². The number of sulfonamides is 1. The van der Waals surface area contributed by atoms with Crippen molar-refractivity contribution in [2.75, 3.05) is 59.1 Å². The summed E-state index contributed by atoms with van der Waals surface area (Å²) in [5.41, 5.74) is 2.40. The zero-order valence-electron chi connectivity index (χ0n) is 22.9. The standard InChI is InChI=1S/C28H41N3O6S/c1-22-17-23(2)28(24(3)18-22)38(33,34)31(10-6-9-29-11-15-35-16-12-29)21-27(32)30(19-25-7-4-13-36-25)20-26-8-5-14-37-26/h4,7,13,17-18,26H,5-6,8-12,14-16,19-21H2,1-3H3. The van der Waals surface area contributed by atoms with Crippen LogP contribution < -0.4 is 0 Å². The van der Waals surface area contributed by atoms with Gasteiger partial charge in [-0.15, -0.1) is 0 Å². The number of ether oxygens (including phenoxy) is 2. The molecule has 0 N–H and O–H groups in total. The quantitative estimate of drug-likeness (QED) is 0.403. The molecule has 0 aliphatic carbocycles. The Balaban J connectivity index is 1.56. The topological polar surface area (TPSA) is 92.5 Å². The lowest BCUT2D eigenvalue weighted by molar-refractivity contribution is -0.134. The van der Waals surface area contributed by atoms with E-state index in [1.807, 2.05) is 39.0 Å². The van der Waals surface area contributed by atoms with Gasteiger partial charge in [0.1, 0.15) is 5.76 Å². The molecule has 1 aromatic heterocycles. The lowest BCUT2D eigenvalue weighted by Gasteiger charge is -2.30. The molecule has 0 bridgehead atoms. The van der Waals surface area contributed by atoms with E-state index in [2.05, 4.69) is 4.90 Å². The second kappa shape index (κ2) is 13.2. The van der Waals surface area contributed by atoms with Crippen molar-refractivity contribution in [3.05, 3.63) is 53.0 Å². The molecule has 2 aliphatic rings. The van der Waals surface area contributed by atoms with Crippen LogP contribution in [0, 0.1) is 20.8 Å². The number of morpholine rings is 1. The predicted molar refractivity (Wildman–Crippen MR) is 144 cm³/mol. The smallest absolute Gasteiger partial charge is 0.244 e. The molecule has 1 aromatic carbocycles. The Morgan fingerprint density at radius 2 is 1.84 bits per heavy atom. The van der Waals surface area contributed by atoms with Crippen molar-refractivity contribution >= 4 is 15.9 Å². The van der Waals surface area contributed by atoms with Crippen molar-refractivity contribution in [1.29, 1.82) is 0 Å². The summed E-state index contributed by atoms with van der Waals surface area (Å²) in [6.07, 6.45) is 3.99. The lowest BCUT2D eigenvalue weighted by atomic mass is 10.1. The SMILES string of the molecule is Cc1cc(C)c(S(=O)(=O)N(CCCN2CCOCC2)CC(=O)N(Cc2ccco2)CC2CCCO2)c(C)c1. The average molecular weight is 548 g/mol. The summed E-state index contributed by atoms with van der Waals surface area (Å²) < 4.78 is 46.2. The van der Waals surface area contributed by atoms with Crippen LogP contribution in [0.5, 0.6) is 0 Å². The number of hydrogen-bond acceptors (Lipinski definition) is 7. The van der Waals surface area contributed by atoms with Gasteiger partial charge in [-0.2, -0.15) is 4.31 Å². The molecule has 1 unspecified atom stereocenters. The van der Waals surface area contributed by atoms with Gasteiger partial charge < -0.3 is 18.8 Å². The highest BCUT2D eigenvalue weighted by Gasteiger charge is 2.32. The molecule has 10 heteroatoms. The molecule has 210 valence electrons. The summed E-state index contributed by atoms with van der Waals surface area (Å²) in [7, 11) is -3.91. The zero-order valence-corrected chi connectivity index (χ0v) is 23.7. The maximum absolute atomic E-state index is 14.1. The number of furan rings is 1. The summed E-state index contributed by atoms with van der Waals surface area (Å²) in [5.74, 6) is 0.401. The Morgan fingerprint density at radius 1 is 1.11 bits per heavy atom. The number of aryl methyl sites for hydroxylation is 3. The molecule has 2 fully saturated rings. The molecule has 2 aliphatic heterocycles. The fraction of sp³-hybridized carbons (Fsp3) is 0.607. The van der Waals surface area contributed by atoms with E-state index >= 15 is 0 Å². The van der Waals surface area contributed by atoms with Crippen LogP contribution in [0.15, 0.2) is 39.8 Å². The first kappa shape index (κ1) is 28.8. The highest BCUT2D eigenvalue weighted by molar-refractivity contribution is 7.89. The minimum atomic E-state index is -3.91. The number of amides is 1. The number of carbonyl (C=O) groups excluding carboxylic acids is 1. The molecule has 2 aromatic rings.